The molecule has 1 aromatic rings. The molecule has 0 saturated carbocycles. The standard InChI is InChI=1S/C15H26N4O2S.HI/c1-4-22(20,21)19(3)12-8-11-17-15(16-2)18-13-14-9-6-5-7-10-14;/h5-7,9-10H,4,8,11-13H2,1-3H3,(H2,16,17,18);1H. The van der Waals surface area contributed by atoms with Crippen LogP contribution in [0.3, 0.4) is 0 Å². The van der Waals surface area contributed by atoms with Gasteiger partial charge in [0.05, 0.1) is 5.75 Å². The third-order valence-corrected chi connectivity index (χ3v) is 5.17. The number of hydrogen-bond acceptors (Lipinski definition) is 3. The zero-order valence-corrected chi connectivity index (χ0v) is 17.1. The summed E-state index contributed by atoms with van der Waals surface area (Å²) in [5.41, 5.74) is 1.18. The fraction of sp³-hybridized carbons (Fsp3) is 0.533. The minimum absolute atomic E-state index is 0. The van der Waals surface area contributed by atoms with Crippen molar-refractivity contribution in [2.45, 2.75) is 19.9 Å². The summed E-state index contributed by atoms with van der Waals surface area (Å²) in [6.45, 7) is 3.51. The van der Waals surface area contributed by atoms with Crippen molar-refractivity contribution in [2.24, 2.45) is 4.99 Å². The lowest BCUT2D eigenvalue weighted by Gasteiger charge is -2.16. The minimum atomic E-state index is -3.09. The van der Waals surface area contributed by atoms with Gasteiger partial charge in [-0.15, -0.1) is 24.0 Å². The normalized spacial score (nSPS) is 11.9. The van der Waals surface area contributed by atoms with Gasteiger partial charge in [-0.3, -0.25) is 4.99 Å². The van der Waals surface area contributed by atoms with Crippen LogP contribution < -0.4 is 10.6 Å². The molecule has 0 unspecified atom stereocenters. The van der Waals surface area contributed by atoms with E-state index in [0.29, 0.717) is 25.6 Å². The molecule has 8 heteroatoms. The molecule has 0 heterocycles. The molecule has 0 saturated heterocycles. The van der Waals surface area contributed by atoms with Gasteiger partial charge < -0.3 is 10.6 Å². The highest BCUT2D eigenvalue weighted by molar-refractivity contribution is 14.0. The molecule has 132 valence electrons. The summed E-state index contributed by atoms with van der Waals surface area (Å²) in [5, 5.41) is 6.40. The number of nitrogens with zero attached hydrogens (tertiary/aromatic N) is 2. The first-order valence-corrected chi connectivity index (χ1v) is 9.03. The fourth-order valence-electron chi connectivity index (χ4n) is 1.87. The lowest BCUT2D eigenvalue weighted by atomic mass is 10.2. The Bertz CT molecular complexity index is 564. The van der Waals surface area contributed by atoms with Crippen LogP contribution in [0.4, 0.5) is 0 Å². The molecule has 0 spiro atoms. The predicted molar refractivity (Wildman–Crippen MR) is 107 cm³/mol. The SMILES string of the molecule is CCS(=O)(=O)N(C)CCCNC(=NC)NCc1ccccc1.I. The van der Waals surface area contributed by atoms with Gasteiger partial charge in [-0.2, -0.15) is 0 Å². The van der Waals surface area contributed by atoms with Gasteiger partial charge in [0.25, 0.3) is 0 Å². The van der Waals surface area contributed by atoms with Crippen molar-refractivity contribution in [3.05, 3.63) is 35.9 Å². The Morgan fingerprint density at radius 3 is 2.43 bits per heavy atom. The van der Waals surface area contributed by atoms with Crippen LogP contribution in [0.15, 0.2) is 35.3 Å². The van der Waals surface area contributed by atoms with E-state index in [-0.39, 0.29) is 29.7 Å². The zero-order chi connectivity index (χ0) is 16.4. The summed E-state index contributed by atoms with van der Waals surface area (Å²) in [5.74, 6) is 0.849. The average Bonchev–Trinajstić information content (AvgIpc) is 2.54. The molecule has 2 N–H and O–H groups in total. The molecule has 0 aliphatic rings. The van der Waals surface area contributed by atoms with Crippen LogP contribution in [0, 0.1) is 0 Å². The number of nitrogens with one attached hydrogen (secondary N) is 2. The summed E-state index contributed by atoms with van der Waals surface area (Å²) in [4.78, 5) is 4.15. The van der Waals surface area contributed by atoms with Gasteiger partial charge in [-0.1, -0.05) is 30.3 Å². The molecule has 6 nitrogen and oxygen atoms in total. The van der Waals surface area contributed by atoms with E-state index >= 15 is 0 Å². The second-order valence-corrected chi connectivity index (χ2v) is 7.28. The number of rotatable bonds is 8. The third kappa shape index (κ3) is 8.52. The maximum Gasteiger partial charge on any atom is 0.213 e. The minimum Gasteiger partial charge on any atom is -0.356 e. The smallest absolute Gasteiger partial charge is 0.213 e. The first-order chi connectivity index (χ1) is 10.5. The summed E-state index contributed by atoms with van der Waals surface area (Å²) >= 11 is 0. The molecule has 0 fully saturated rings. The van der Waals surface area contributed by atoms with E-state index in [1.807, 2.05) is 30.3 Å². The number of guanidine groups is 1. The molecule has 0 amide bonds. The second kappa shape index (κ2) is 11.6. The maximum atomic E-state index is 11.6. The van der Waals surface area contributed by atoms with Crippen molar-refractivity contribution in [3.63, 3.8) is 0 Å². The van der Waals surface area contributed by atoms with Crippen LogP contribution in [0.25, 0.3) is 0 Å². The average molecular weight is 454 g/mol. The van der Waals surface area contributed by atoms with E-state index in [1.54, 1.807) is 21.0 Å². The van der Waals surface area contributed by atoms with Crippen LogP contribution in [0.1, 0.15) is 18.9 Å². The Hall–Kier alpha value is -0.870. The molecular weight excluding hydrogens is 427 g/mol. The molecule has 0 aliphatic carbocycles. The Balaban J connectivity index is 0.00000484. The molecule has 1 aromatic carbocycles. The van der Waals surface area contributed by atoms with Crippen molar-refractivity contribution in [3.8, 4) is 0 Å². The van der Waals surface area contributed by atoms with Gasteiger partial charge in [0.2, 0.25) is 10.0 Å². The highest BCUT2D eigenvalue weighted by Gasteiger charge is 2.13. The Morgan fingerprint density at radius 1 is 1.22 bits per heavy atom. The quantitative estimate of drug-likeness (QED) is 0.271. The van der Waals surface area contributed by atoms with E-state index in [4.69, 9.17) is 0 Å². The topological polar surface area (TPSA) is 73.8 Å². The lowest BCUT2D eigenvalue weighted by molar-refractivity contribution is 0.461. The zero-order valence-electron chi connectivity index (χ0n) is 13.9. The van der Waals surface area contributed by atoms with Gasteiger partial charge in [-0.05, 0) is 18.9 Å². The molecule has 0 atom stereocenters. The summed E-state index contributed by atoms with van der Waals surface area (Å²) in [6.07, 6.45) is 0.724. The van der Waals surface area contributed by atoms with Crippen LogP contribution in [0.2, 0.25) is 0 Å². The fourth-order valence-corrected chi connectivity index (χ4v) is 2.72. The van der Waals surface area contributed by atoms with Crippen LogP contribution >= 0.6 is 24.0 Å². The van der Waals surface area contributed by atoms with E-state index in [2.05, 4.69) is 15.6 Å². The van der Waals surface area contributed by atoms with Gasteiger partial charge in [0, 0.05) is 33.7 Å². The van der Waals surface area contributed by atoms with Crippen LogP contribution in [0.5, 0.6) is 0 Å². The molecular formula is C15H27IN4O2S. The Kier molecular flexibility index (Phi) is 11.2. The van der Waals surface area contributed by atoms with E-state index < -0.39 is 10.0 Å². The third-order valence-electron chi connectivity index (χ3n) is 3.31. The maximum absolute atomic E-state index is 11.6. The van der Waals surface area contributed by atoms with Crippen molar-refractivity contribution in [2.75, 3.05) is 32.9 Å². The van der Waals surface area contributed by atoms with Crippen molar-refractivity contribution < 1.29 is 8.42 Å². The second-order valence-electron chi connectivity index (χ2n) is 4.91. The van der Waals surface area contributed by atoms with Crippen molar-refractivity contribution >= 4 is 40.0 Å². The first kappa shape index (κ1) is 22.1. The number of sulfonamides is 1. The highest BCUT2D eigenvalue weighted by atomic mass is 127. The molecule has 0 bridgehead atoms. The van der Waals surface area contributed by atoms with E-state index in [1.165, 1.54) is 9.87 Å². The molecule has 23 heavy (non-hydrogen) atoms. The number of benzene rings is 1. The summed E-state index contributed by atoms with van der Waals surface area (Å²) in [6, 6.07) is 10.1. The van der Waals surface area contributed by atoms with Crippen LogP contribution in [-0.4, -0.2) is 51.6 Å². The van der Waals surface area contributed by atoms with Crippen LogP contribution in [-0.2, 0) is 16.6 Å². The van der Waals surface area contributed by atoms with Gasteiger partial charge >= 0.3 is 0 Å². The first-order valence-electron chi connectivity index (χ1n) is 7.42. The molecule has 0 aromatic heterocycles. The lowest BCUT2D eigenvalue weighted by Crippen LogP contribution is -2.38. The summed E-state index contributed by atoms with van der Waals surface area (Å²) < 4.78 is 24.6. The molecule has 1 rings (SSSR count). The molecule has 0 radical (unpaired) electrons. The van der Waals surface area contributed by atoms with Gasteiger partial charge in [0.15, 0.2) is 5.96 Å². The van der Waals surface area contributed by atoms with Crippen molar-refractivity contribution in [1.29, 1.82) is 0 Å². The van der Waals surface area contributed by atoms with Crippen molar-refractivity contribution in [1.82, 2.24) is 14.9 Å². The van der Waals surface area contributed by atoms with E-state index in [9.17, 15) is 8.42 Å². The Labute approximate surface area is 156 Å². The highest BCUT2D eigenvalue weighted by Crippen LogP contribution is 1.99. The number of aliphatic imine (C=N–C) groups is 1. The summed E-state index contributed by atoms with van der Waals surface area (Å²) in [7, 11) is 0.238. The Morgan fingerprint density at radius 2 is 1.87 bits per heavy atom. The number of hydrogen-bond donors (Lipinski definition) is 2. The molecule has 0 aliphatic heterocycles. The number of halogens is 1. The largest absolute Gasteiger partial charge is 0.356 e. The van der Waals surface area contributed by atoms with Gasteiger partial charge in [0.1, 0.15) is 0 Å². The van der Waals surface area contributed by atoms with E-state index in [0.717, 1.165) is 6.42 Å². The predicted octanol–water partition coefficient (Wildman–Crippen LogP) is 1.64. The monoisotopic (exact) mass is 454 g/mol. The van der Waals surface area contributed by atoms with Gasteiger partial charge in [-0.25, -0.2) is 12.7 Å².